The molecule has 1 amide bonds. The fourth-order valence-corrected chi connectivity index (χ4v) is 3.91. The fraction of sp³-hybridized carbons (Fsp3) is 0.444. The lowest BCUT2D eigenvalue weighted by atomic mass is 10.2. The van der Waals surface area contributed by atoms with Gasteiger partial charge in [-0.25, -0.2) is 9.97 Å². The van der Waals surface area contributed by atoms with Gasteiger partial charge in [0, 0.05) is 17.5 Å². The van der Waals surface area contributed by atoms with Crippen molar-refractivity contribution >= 4 is 34.2 Å². The highest BCUT2D eigenvalue weighted by Crippen LogP contribution is 2.24. The molecule has 0 unspecified atom stereocenters. The van der Waals surface area contributed by atoms with Gasteiger partial charge in [0.2, 0.25) is 5.91 Å². The van der Waals surface area contributed by atoms with Gasteiger partial charge >= 0.3 is 0 Å². The molecule has 0 atom stereocenters. The summed E-state index contributed by atoms with van der Waals surface area (Å²) < 4.78 is 1.74. The summed E-state index contributed by atoms with van der Waals surface area (Å²) in [4.78, 5) is 23.8. The molecule has 6 nitrogen and oxygen atoms in total. The highest BCUT2D eigenvalue weighted by atomic mass is 32.2. The first-order valence-corrected chi connectivity index (χ1v) is 9.43. The Hall–Kier alpha value is -2.15. The van der Waals surface area contributed by atoms with Crippen molar-refractivity contribution in [3.8, 4) is 0 Å². The van der Waals surface area contributed by atoms with Crippen LogP contribution in [0.25, 0.3) is 16.6 Å². The molecule has 0 aliphatic heterocycles. The van der Waals surface area contributed by atoms with Gasteiger partial charge in [-0.1, -0.05) is 23.9 Å². The molecule has 7 heteroatoms. The molecule has 0 saturated heterocycles. The molecule has 132 valence electrons. The third kappa shape index (κ3) is 3.46. The van der Waals surface area contributed by atoms with Crippen molar-refractivity contribution < 1.29 is 4.79 Å². The van der Waals surface area contributed by atoms with Crippen molar-refractivity contribution in [2.45, 2.75) is 51.9 Å². The second kappa shape index (κ2) is 7.00. The van der Waals surface area contributed by atoms with E-state index in [1.807, 2.05) is 63.8 Å². The SMILES string of the molecule is Cc1nc2c3ccccc3nc(SCC(=O)N(C(C)C)C(C)C)n2n1. The van der Waals surface area contributed by atoms with Gasteiger partial charge in [0.05, 0.1) is 11.3 Å². The van der Waals surface area contributed by atoms with Crippen molar-refractivity contribution in [1.29, 1.82) is 0 Å². The minimum absolute atomic E-state index is 0.106. The standard InChI is InChI=1S/C18H23N5OS/c1-11(2)22(12(3)4)16(24)10-25-18-20-15-9-7-6-8-14(15)17-19-13(5)21-23(17)18/h6-9,11-12H,10H2,1-5H3. The minimum Gasteiger partial charge on any atom is -0.337 e. The highest BCUT2D eigenvalue weighted by Gasteiger charge is 2.21. The summed E-state index contributed by atoms with van der Waals surface area (Å²) >= 11 is 1.41. The quantitative estimate of drug-likeness (QED) is 0.518. The lowest BCUT2D eigenvalue weighted by molar-refractivity contribution is -0.131. The number of carbonyl (C=O) groups is 1. The molecule has 0 radical (unpaired) electrons. The molecular weight excluding hydrogens is 334 g/mol. The van der Waals surface area contributed by atoms with Crippen LogP contribution >= 0.6 is 11.8 Å². The van der Waals surface area contributed by atoms with Gasteiger partial charge < -0.3 is 4.90 Å². The zero-order chi connectivity index (χ0) is 18.1. The number of aromatic nitrogens is 4. The Kier molecular flexibility index (Phi) is 4.94. The Labute approximate surface area is 151 Å². The van der Waals surface area contributed by atoms with Crippen LogP contribution < -0.4 is 0 Å². The van der Waals surface area contributed by atoms with Gasteiger partial charge in [0.15, 0.2) is 10.8 Å². The van der Waals surface area contributed by atoms with Crippen LogP contribution in [0.15, 0.2) is 29.4 Å². The maximum Gasteiger partial charge on any atom is 0.233 e. The van der Waals surface area contributed by atoms with Crippen LogP contribution in [0, 0.1) is 6.92 Å². The van der Waals surface area contributed by atoms with E-state index in [2.05, 4.69) is 10.1 Å². The molecule has 3 rings (SSSR count). The van der Waals surface area contributed by atoms with Gasteiger partial charge in [-0.15, -0.1) is 5.10 Å². The number of hydrogen-bond acceptors (Lipinski definition) is 5. The molecule has 25 heavy (non-hydrogen) atoms. The first-order valence-electron chi connectivity index (χ1n) is 8.44. The van der Waals surface area contributed by atoms with Crippen LogP contribution in [0.3, 0.4) is 0 Å². The summed E-state index contributed by atoms with van der Waals surface area (Å²) in [7, 11) is 0. The van der Waals surface area contributed by atoms with E-state index < -0.39 is 0 Å². The van der Waals surface area contributed by atoms with Crippen molar-refractivity contribution in [3.05, 3.63) is 30.1 Å². The second-order valence-corrected chi connectivity index (χ2v) is 7.53. The van der Waals surface area contributed by atoms with E-state index in [1.165, 1.54) is 11.8 Å². The van der Waals surface area contributed by atoms with Crippen LogP contribution in [-0.2, 0) is 4.79 Å². The van der Waals surface area contributed by atoms with Crippen molar-refractivity contribution in [3.63, 3.8) is 0 Å². The van der Waals surface area contributed by atoms with E-state index in [-0.39, 0.29) is 18.0 Å². The Balaban J connectivity index is 1.94. The molecule has 0 fully saturated rings. The van der Waals surface area contributed by atoms with Gasteiger partial charge in [-0.3, -0.25) is 4.79 Å². The van der Waals surface area contributed by atoms with E-state index in [1.54, 1.807) is 4.52 Å². The third-order valence-corrected chi connectivity index (χ3v) is 4.89. The number of rotatable bonds is 5. The zero-order valence-electron chi connectivity index (χ0n) is 15.2. The number of aryl methyl sites for hydroxylation is 1. The lowest BCUT2D eigenvalue weighted by Gasteiger charge is -2.30. The molecule has 0 aliphatic rings. The topological polar surface area (TPSA) is 63.4 Å². The molecule has 0 saturated carbocycles. The van der Waals surface area contributed by atoms with Crippen LogP contribution in [0.5, 0.6) is 0 Å². The first kappa shape index (κ1) is 17.7. The van der Waals surface area contributed by atoms with E-state index >= 15 is 0 Å². The van der Waals surface area contributed by atoms with Crippen LogP contribution in [0.4, 0.5) is 0 Å². The fourth-order valence-electron chi connectivity index (χ4n) is 3.10. The number of carbonyl (C=O) groups excluding carboxylic acids is 1. The summed E-state index contributed by atoms with van der Waals surface area (Å²) in [6.07, 6.45) is 0. The van der Waals surface area contributed by atoms with Crippen molar-refractivity contribution in [1.82, 2.24) is 24.5 Å². The predicted molar refractivity (Wildman–Crippen MR) is 101 cm³/mol. The minimum atomic E-state index is 0.106. The molecule has 0 N–H and O–H groups in total. The summed E-state index contributed by atoms with van der Waals surface area (Å²) in [6, 6.07) is 8.21. The normalized spacial score (nSPS) is 11.8. The van der Waals surface area contributed by atoms with Gasteiger partial charge in [-0.05, 0) is 46.8 Å². The number of benzene rings is 1. The molecule has 3 aromatic rings. The second-order valence-electron chi connectivity index (χ2n) is 6.58. The zero-order valence-corrected chi connectivity index (χ0v) is 16.0. The molecule has 2 aromatic heterocycles. The summed E-state index contributed by atoms with van der Waals surface area (Å²) in [5, 5.41) is 6.11. The van der Waals surface area contributed by atoms with Crippen molar-refractivity contribution in [2.24, 2.45) is 0 Å². The summed E-state index contributed by atoms with van der Waals surface area (Å²) in [6.45, 7) is 10.0. The number of para-hydroxylation sites is 1. The maximum atomic E-state index is 12.6. The predicted octanol–water partition coefficient (Wildman–Crippen LogP) is 3.32. The Bertz CT molecular complexity index is 910. The number of thioether (sulfide) groups is 1. The maximum absolute atomic E-state index is 12.6. The number of hydrogen-bond donors (Lipinski definition) is 0. The van der Waals surface area contributed by atoms with Gasteiger partial charge in [0.25, 0.3) is 0 Å². The monoisotopic (exact) mass is 357 g/mol. The Morgan fingerprint density at radius 2 is 1.84 bits per heavy atom. The smallest absolute Gasteiger partial charge is 0.233 e. The Morgan fingerprint density at radius 3 is 2.52 bits per heavy atom. The molecule has 0 aliphatic carbocycles. The summed E-state index contributed by atoms with van der Waals surface area (Å²) in [5.41, 5.74) is 1.64. The van der Waals surface area contributed by atoms with E-state index in [0.29, 0.717) is 16.7 Å². The van der Waals surface area contributed by atoms with E-state index in [9.17, 15) is 4.79 Å². The third-order valence-electron chi connectivity index (χ3n) is 3.98. The van der Waals surface area contributed by atoms with E-state index in [4.69, 9.17) is 4.98 Å². The van der Waals surface area contributed by atoms with Crippen LogP contribution in [0.2, 0.25) is 0 Å². The highest BCUT2D eigenvalue weighted by molar-refractivity contribution is 7.99. The summed E-state index contributed by atoms with van der Waals surface area (Å²) in [5.74, 6) is 1.13. The van der Waals surface area contributed by atoms with Crippen LogP contribution in [0.1, 0.15) is 33.5 Å². The average Bonchev–Trinajstić information content (AvgIpc) is 2.93. The van der Waals surface area contributed by atoms with E-state index in [0.717, 1.165) is 16.6 Å². The van der Waals surface area contributed by atoms with Gasteiger partial charge in [0.1, 0.15) is 5.82 Å². The van der Waals surface area contributed by atoms with Gasteiger partial charge in [-0.2, -0.15) is 4.52 Å². The number of nitrogens with zero attached hydrogens (tertiary/aromatic N) is 5. The molecule has 1 aromatic carbocycles. The average molecular weight is 357 g/mol. The largest absolute Gasteiger partial charge is 0.337 e. The number of fused-ring (bicyclic) bond motifs is 3. The number of amides is 1. The molecule has 0 bridgehead atoms. The molecular formula is C18H23N5OS. The lowest BCUT2D eigenvalue weighted by Crippen LogP contribution is -2.43. The van der Waals surface area contributed by atoms with Crippen molar-refractivity contribution in [2.75, 3.05) is 5.75 Å². The first-order chi connectivity index (χ1) is 11.9. The molecule has 2 heterocycles. The molecule has 0 spiro atoms. The van der Waals surface area contributed by atoms with Crippen LogP contribution in [-0.4, -0.2) is 48.2 Å². The Morgan fingerprint density at radius 1 is 1.16 bits per heavy atom.